The van der Waals surface area contributed by atoms with Crippen molar-refractivity contribution in [3.05, 3.63) is 0 Å². The van der Waals surface area contributed by atoms with Crippen LogP contribution in [0.3, 0.4) is 0 Å². The molecular formula is C12H15F9O2. The van der Waals surface area contributed by atoms with E-state index in [1.807, 2.05) is 0 Å². The molecule has 0 aromatic heterocycles. The van der Waals surface area contributed by atoms with Gasteiger partial charge in [0.05, 0.1) is 0 Å². The van der Waals surface area contributed by atoms with Gasteiger partial charge in [-0.2, -0.15) is 39.5 Å². The van der Waals surface area contributed by atoms with Crippen LogP contribution in [0.5, 0.6) is 0 Å². The molecule has 0 aromatic rings. The van der Waals surface area contributed by atoms with Gasteiger partial charge in [0.1, 0.15) is 0 Å². The molecule has 1 heterocycles. The number of hydrogen-bond acceptors (Lipinski definition) is 2. The van der Waals surface area contributed by atoms with E-state index in [1.165, 1.54) is 0 Å². The number of hydrogen-bond donors (Lipinski definition) is 0. The molecule has 1 aliphatic heterocycles. The van der Waals surface area contributed by atoms with Gasteiger partial charge in [0.2, 0.25) is 0 Å². The third-order valence-corrected chi connectivity index (χ3v) is 3.29. The monoisotopic (exact) mass is 362 g/mol. The molecule has 0 aliphatic carbocycles. The van der Waals surface area contributed by atoms with E-state index in [9.17, 15) is 39.5 Å². The van der Waals surface area contributed by atoms with Crippen LogP contribution >= 0.6 is 0 Å². The smallest absolute Gasteiger partial charge is 0.353 e. The molecule has 1 unspecified atom stereocenters. The molecule has 1 atom stereocenters. The summed E-state index contributed by atoms with van der Waals surface area (Å²) in [5.41, 5.74) is 0. The van der Waals surface area contributed by atoms with E-state index in [0.717, 1.165) is 12.8 Å². The highest BCUT2D eigenvalue weighted by atomic mass is 19.4. The van der Waals surface area contributed by atoms with Gasteiger partial charge >= 0.3 is 23.9 Å². The lowest BCUT2D eigenvalue weighted by atomic mass is 10.00. The van der Waals surface area contributed by atoms with E-state index in [4.69, 9.17) is 9.47 Å². The molecule has 0 bridgehead atoms. The Bertz CT molecular complexity index is 375. The summed E-state index contributed by atoms with van der Waals surface area (Å²) >= 11 is 0. The molecule has 1 rings (SSSR count). The lowest BCUT2D eigenvalue weighted by molar-refractivity contribution is -0.397. The van der Waals surface area contributed by atoms with Crippen molar-refractivity contribution in [2.24, 2.45) is 0 Å². The highest BCUT2D eigenvalue weighted by Crippen LogP contribution is 2.54. The third kappa shape index (κ3) is 4.43. The van der Waals surface area contributed by atoms with E-state index in [0.29, 0.717) is 13.0 Å². The molecule has 1 aliphatic rings. The van der Waals surface area contributed by atoms with Gasteiger partial charge in [0, 0.05) is 19.6 Å². The Balaban J connectivity index is 2.56. The highest BCUT2D eigenvalue weighted by molar-refractivity contribution is 5.00. The maximum Gasteiger partial charge on any atom is 0.460 e. The normalized spacial score (nSPS) is 21.5. The Morgan fingerprint density at radius 1 is 0.870 bits per heavy atom. The molecule has 11 heteroatoms. The Kier molecular flexibility index (Phi) is 6.22. The summed E-state index contributed by atoms with van der Waals surface area (Å²) in [7, 11) is 0. The topological polar surface area (TPSA) is 18.5 Å². The van der Waals surface area contributed by atoms with Crippen LogP contribution in [0.25, 0.3) is 0 Å². The molecule has 0 saturated carbocycles. The van der Waals surface area contributed by atoms with Crippen LogP contribution in [-0.4, -0.2) is 43.4 Å². The molecule has 2 nitrogen and oxygen atoms in total. The molecular weight excluding hydrogens is 347 g/mol. The van der Waals surface area contributed by atoms with Crippen LogP contribution in [0.4, 0.5) is 39.5 Å². The van der Waals surface area contributed by atoms with Gasteiger partial charge in [-0.25, -0.2) is 0 Å². The van der Waals surface area contributed by atoms with Crippen LogP contribution in [0.15, 0.2) is 0 Å². The Labute approximate surface area is 125 Å². The van der Waals surface area contributed by atoms with Crippen molar-refractivity contribution in [3.8, 4) is 0 Å². The first kappa shape index (κ1) is 20.3. The molecule has 0 spiro atoms. The molecule has 1 fully saturated rings. The summed E-state index contributed by atoms with van der Waals surface area (Å²) in [6, 6.07) is 0. The van der Waals surface area contributed by atoms with Crippen molar-refractivity contribution in [2.75, 3.05) is 13.2 Å². The van der Waals surface area contributed by atoms with Crippen molar-refractivity contribution in [2.45, 2.75) is 62.3 Å². The lowest BCUT2D eigenvalue weighted by Crippen LogP contribution is -2.60. The zero-order valence-corrected chi connectivity index (χ0v) is 11.7. The van der Waals surface area contributed by atoms with Crippen LogP contribution in [0.2, 0.25) is 0 Å². The Hall–Kier alpha value is -0.710. The summed E-state index contributed by atoms with van der Waals surface area (Å²) in [5.74, 6) is -18.9. The summed E-state index contributed by atoms with van der Waals surface area (Å²) in [6.07, 6.45) is -8.22. The van der Waals surface area contributed by atoms with Crippen LogP contribution in [0, 0.1) is 0 Å². The van der Waals surface area contributed by atoms with Gasteiger partial charge in [-0.15, -0.1) is 0 Å². The Morgan fingerprint density at radius 3 is 1.96 bits per heavy atom. The summed E-state index contributed by atoms with van der Waals surface area (Å²) in [5, 5.41) is 0. The van der Waals surface area contributed by atoms with Gasteiger partial charge in [0.15, 0.2) is 6.29 Å². The first-order chi connectivity index (χ1) is 10.3. The quantitative estimate of drug-likeness (QED) is 0.479. The van der Waals surface area contributed by atoms with Crippen LogP contribution in [-0.2, 0) is 9.47 Å². The molecule has 138 valence electrons. The minimum absolute atomic E-state index is 0.372. The number of alkyl halides is 9. The standard InChI is InChI=1S/C12H15F9O2/c13-9(14,10(15,16)11(17,18)12(19,20)21)5-3-7-23-8-4-1-2-6-22-8/h8H,1-7H2. The second kappa shape index (κ2) is 7.04. The molecule has 1 saturated heterocycles. The summed E-state index contributed by atoms with van der Waals surface area (Å²) < 4.78 is 123. The largest absolute Gasteiger partial charge is 0.460 e. The fourth-order valence-electron chi connectivity index (χ4n) is 1.92. The maximum atomic E-state index is 13.2. The zero-order chi connectivity index (χ0) is 17.9. The van der Waals surface area contributed by atoms with E-state index < -0.39 is 49.7 Å². The Morgan fingerprint density at radius 2 is 1.48 bits per heavy atom. The van der Waals surface area contributed by atoms with E-state index in [-0.39, 0.29) is 0 Å². The fourth-order valence-corrected chi connectivity index (χ4v) is 1.92. The van der Waals surface area contributed by atoms with Crippen LogP contribution < -0.4 is 0 Å². The van der Waals surface area contributed by atoms with Crippen molar-refractivity contribution >= 4 is 0 Å². The van der Waals surface area contributed by atoms with Gasteiger partial charge < -0.3 is 9.47 Å². The minimum Gasteiger partial charge on any atom is -0.353 e. The van der Waals surface area contributed by atoms with Crippen molar-refractivity contribution in [1.82, 2.24) is 0 Å². The van der Waals surface area contributed by atoms with Gasteiger partial charge in [-0.1, -0.05) is 0 Å². The SMILES string of the molecule is FC(F)(F)C(F)(F)C(F)(F)C(F)(F)CCCOC1CCCCO1. The number of ether oxygens (including phenoxy) is 2. The highest BCUT2D eigenvalue weighted by Gasteiger charge is 2.81. The average molecular weight is 362 g/mol. The van der Waals surface area contributed by atoms with Crippen molar-refractivity contribution in [3.63, 3.8) is 0 Å². The van der Waals surface area contributed by atoms with Crippen molar-refractivity contribution < 1.29 is 49.0 Å². The van der Waals surface area contributed by atoms with E-state index in [1.54, 1.807) is 0 Å². The first-order valence-corrected chi connectivity index (χ1v) is 6.76. The number of halogens is 9. The second-order valence-corrected chi connectivity index (χ2v) is 5.12. The zero-order valence-electron chi connectivity index (χ0n) is 11.7. The fraction of sp³-hybridized carbons (Fsp3) is 1.00. The van der Waals surface area contributed by atoms with Gasteiger partial charge in [-0.3, -0.25) is 0 Å². The van der Waals surface area contributed by atoms with Gasteiger partial charge in [0.25, 0.3) is 0 Å². The average Bonchev–Trinajstić information content (AvgIpc) is 2.43. The summed E-state index contributed by atoms with van der Waals surface area (Å²) in [6.45, 7) is -0.148. The second-order valence-electron chi connectivity index (χ2n) is 5.12. The minimum atomic E-state index is -6.84. The third-order valence-electron chi connectivity index (χ3n) is 3.29. The molecule has 23 heavy (non-hydrogen) atoms. The molecule has 0 aromatic carbocycles. The molecule has 0 N–H and O–H groups in total. The molecule has 0 amide bonds. The first-order valence-electron chi connectivity index (χ1n) is 6.76. The summed E-state index contributed by atoms with van der Waals surface area (Å²) in [4.78, 5) is 0. The molecule has 0 radical (unpaired) electrons. The number of rotatable bonds is 7. The van der Waals surface area contributed by atoms with Crippen LogP contribution in [0.1, 0.15) is 32.1 Å². The van der Waals surface area contributed by atoms with Gasteiger partial charge in [-0.05, 0) is 25.7 Å². The predicted molar refractivity (Wildman–Crippen MR) is 59.7 cm³/mol. The lowest BCUT2D eigenvalue weighted by Gasteiger charge is -2.33. The van der Waals surface area contributed by atoms with E-state index >= 15 is 0 Å². The van der Waals surface area contributed by atoms with Crippen molar-refractivity contribution in [1.29, 1.82) is 0 Å². The maximum absolute atomic E-state index is 13.2. The predicted octanol–water partition coefficient (Wildman–Crippen LogP) is 4.78. The van der Waals surface area contributed by atoms with E-state index in [2.05, 4.69) is 0 Å².